The standard InChI is InChI=1S/C13H13NO2S/c1-16-11-4-2-10(3-5-11)8-13-14-9-12(17-13)6-7-15/h2-5,7,9H,6,8H2,1H3. The molecular formula is C13H13NO2S. The van der Waals surface area contributed by atoms with Crippen LogP contribution in [0.25, 0.3) is 0 Å². The first-order valence-corrected chi connectivity index (χ1v) is 6.13. The zero-order chi connectivity index (χ0) is 12.1. The van der Waals surface area contributed by atoms with E-state index in [4.69, 9.17) is 4.74 Å². The summed E-state index contributed by atoms with van der Waals surface area (Å²) in [5.74, 6) is 0.856. The number of benzene rings is 1. The summed E-state index contributed by atoms with van der Waals surface area (Å²) in [6.45, 7) is 0. The monoisotopic (exact) mass is 247 g/mol. The number of thiazole rings is 1. The van der Waals surface area contributed by atoms with Crippen LogP contribution in [-0.4, -0.2) is 18.4 Å². The summed E-state index contributed by atoms with van der Waals surface area (Å²) in [7, 11) is 1.65. The highest BCUT2D eigenvalue weighted by Crippen LogP contribution is 2.18. The summed E-state index contributed by atoms with van der Waals surface area (Å²) in [6, 6.07) is 7.93. The smallest absolute Gasteiger partial charge is 0.125 e. The van der Waals surface area contributed by atoms with Gasteiger partial charge in [0, 0.05) is 23.9 Å². The largest absolute Gasteiger partial charge is 0.497 e. The lowest BCUT2D eigenvalue weighted by molar-refractivity contribution is -0.107. The zero-order valence-electron chi connectivity index (χ0n) is 9.55. The van der Waals surface area contributed by atoms with Crippen molar-refractivity contribution in [3.8, 4) is 5.75 Å². The second-order valence-electron chi connectivity index (χ2n) is 3.62. The van der Waals surface area contributed by atoms with Crippen LogP contribution in [-0.2, 0) is 17.6 Å². The number of rotatable bonds is 5. The fraction of sp³-hybridized carbons (Fsp3) is 0.231. The number of nitrogens with zero attached hydrogens (tertiary/aromatic N) is 1. The molecule has 0 aliphatic rings. The maximum Gasteiger partial charge on any atom is 0.125 e. The van der Waals surface area contributed by atoms with E-state index in [-0.39, 0.29) is 0 Å². The molecule has 2 aromatic rings. The molecule has 0 amide bonds. The molecule has 17 heavy (non-hydrogen) atoms. The van der Waals surface area contributed by atoms with Crippen molar-refractivity contribution in [1.29, 1.82) is 0 Å². The van der Waals surface area contributed by atoms with Crippen molar-refractivity contribution in [1.82, 2.24) is 4.98 Å². The van der Waals surface area contributed by atoms with Gasteiger partial charge in [-0.25, -0.2) is 4.98 Å². The van der Waals surface area contributed by atoms with Crippen LogP contribution in [0.4, 0.5) is 0 Å². The van der Waals surface area contributed by atoms with E-state index in [1.165, 1.54) is 5.56 Å². The van der Waals surface area contributed by atoms with Gasteiger partial charge >= 0.3 is 0 Å². The zero-order valence-corrected chi connectivity index (χ0v) is 10.4. The Morgan fingerprint density at radius 1 is 1.35 bits per heavy atom. The molecule has 88 valence electrons. The van der Waals surface area contributed by atoms with E-state index in [1.807, 2.05) is 24.3 Å². The Labute approximate surface area is 104 Å². The quantitative estimate of drug-likeness (QED) is 0.762. The number of methoxy groups -OCH3 is 1. The molecule has 1 heterocycles. The summed E-state index contributed by atoms with van der Waals surface area (Å²) in [6.07, 6.45) is 3.94. The number of aldehydes is 1. The molecule has 1 aromatic carbocycles. The van der Waals surface area contributed by atoms with Crippen molar-refractivity contribution in [2.75, 3.05) is 7.11 Å². The maximum atomic E-state index is 10.4. The molecule has 0 spiro atoms. The Bertz CT molecular complexity index is 490. The Balaban J connectivity index is 2.05. The van der Waals surface area contributed by atoms with Crippen LogP contribution in [0, 0.1) is 0 Å². The van der Waals surface area contributed by atoms with Crippen LogP contribution in [0.15, 0.2) is 30.5 Å². The third-order valence-corrected chi connectivity index (χ3v) is 3.42. The molecule has 0 aliphatic heterocycles. The normalized spacial score (nSPS) is 10.2. The predicted octanol–water partition coefficient (Wildman–Crippen LogP) is 2.48. The van der Waals surface area contributed by atoms with Crippen molar-refractivity contribution >= 4 is 17.6 Å². The molecule has 3 nitrogen and oxygen atoms in total. The summed E-state index contributed by atoms with van der Waals surface area (Å²) in [5.41, 5.74) is 1.19. The first-order valence-electron chi connectivity index (χ1n) is 5.32. The lowest BCUT2D eigenvalue weighted by Crippen LogP contribution is -1.87. The van der Waals surface area contributed by atoms with Gasteiger partial charge in [0.1, 0.15) is 12.0 Å². The molecule has 0 saturated heterocycles. The Hall–Kier alpha value is -1.68. The van der Waals surface area contributed by atoms with E-state index in [0.717, 1.165) is 28.3 Å². The second-order valence-corrected chi connectivity index (χ2v) is 4.82. The molecule has 4 heteroatoms. The Morgan fingerprint density at radius 2 is 2.12 bits per heavy atom. The minimum atomic E-state index is 0.459. The molecule has 2 rings (SSSR count). The number of aromatic nitrogens is 1. The summed E-state index contributed by atoms with van der Waals surface area (Å²) >= 11 is 1.59. The van der Waals surface area contributed by atoms with E-state index in [9.17, 15) is 4.79 Å². The van der Waals surface area contributed by atoms with E-state index < -0.39 is 0 Å². The number of carbonyl (C=O) groups is 1. The van der Waals surface area contributed by atoms with Gasteiger partial charge in [-0.05, 0) is 17.7 Å². The molecule has 0 aliphatic carbocycles. The van der Waals surface area contributed by atoms with Crippen LogP contribution in [0.1, 0.15) is 15.4 Å². The van der Waals surface area contributed by atoms with Crippen LogP contribution in [0.3, 0.4) is 0 Å². The SMILES string of the molecule is COc1ccc(Cc2ncc(CC=O)s2)cc1. The van der Waals surface area contributed by atoms with Crippen molar-refractivity contribution in [3.05, 3.63) is 45.9 Å². The maximum absolute atomic E-state index is 10.4. The van der Waals surface area contributed by atoms with Crippen LogP contribution < -0.4 is 4.74 Å². The van der Waals surface area contributed by atoms with E-state index in [1.54, 1.807) is 24.6 Å². The lowest BCUT2D eigenvalue weighted by atomic mass is 10.1. The second kappa shape index (κ2) is 5.59. The molecule has 1 aromatic heterocycles. The average Bonchev–Trinajstić information content (AvgIpc) is 2.78. The third-order valence-electron chi connectivity index (χ3n) is 2.40. The van der Waals surface area contributed by atoms with Crippen molar-refractivity contribution in [3.63, 3.8) is 0 Å². The Kier molecular flexibility index (Phi) is 3.88. The van der Waals surface area contributed by atoms with Gasteiger partial charge in [0.05, 0.1) is 12.1 Å². The van der Waals surface area contributed by atoms with Gasteiger partial charge in [-0.3, -0.25) is 0 Å². The van der Waals surface area contributed by atoms with E-state index in [2.05, 4.69) is 4.98 Å². The van der Waals surface area contributed by atoms with Crippen LogP contribution >= 0.6 is 11.3 Å². The van der Waals surface area contributed by atoms with Gasteiger partial charge in [0.2, 0.25) is 0 Å². The highest BCUT2D eigenvalue weighted by Gasteiger charge is 2.03. The highest BCUT2D eigenvalue weighted by atomic mass is 32.1. The van der Waals surface area contributed by atoms with Crippen LogP contribution in [0.5, 0.6) is 5.75 Å². The highest BCUT2D eigenvalue weighted by molar-refractivity contribution is 7.11. The molecule has 0 unspecified atom stereocenters. The lowest BCUT2D eigenvalue weighted by Gasteiger charge is -2.01. The first kappa shape index (κ1) is 11.8. The molecular weight excluding hydrogens is 234 g/mol. The van der Waals surface area contributed by atoms with Crippen LogP contribution in [0.2, 0.25) is 0 Å². The molecule has 0 radical (unpaired) electrons. The topological polar surface area (TPSA) is 39.2 Å². The number of hydrogen-bond acceptors (Lipinski definition) is 4. The van der Waals surface area contributed by atoms with Crippen molar-refractivity contribution in [2.45, 2.75) is 12.8 Å². The minimum absolute atomic E-state index is 0.459. The fourth-order valence-electron chi connectivity index (χ4n) is 1.52. The first-order chi connectivity index (χ1) is 8.31. The van der Waals surface area contributed by atoms with Gasteiger partial charge in [0.25, 0.3) is 0 Å². The third kappa shape index (κ3) is 3.14. The minimum Gasteiger partial charge on any atom is -0.497 e. The van der Waals surface area contributed by atoms with E-state index >= 15 is 0 Å². The number of ether oxygens (including phenoxy) is 1. The molecule has 0 saturated carbocycles. The van der Waals surface area contributed by atoms with Gasteiger partial charge in [-0.15, -0.1) is 11.3 Å². The molecule has 0 atom stereocenters. The predicted molar refractivity (Wildman–Crippen MR) is 67.7 cm³/mol. The summed E-state index contributed by atoms with van der Waals surface area (Å²) < 4.78 is 5.10. The van der Waals surface area contributed by atoms with Gasteiger partial charge in [0.15, 0.2) is 0 Å². The van der Waals surface area contributed by atoms with Gasteiger partial charge < -0.3 is 9.53 Å². The summed E-state index contributed by atoms with van der Waals surface area (Å²) in [4.78, 5) is 15.7. The van der Waals surface area contributed by atoms with Crippen molar-refractivity contribution < 1.29 is 9.53 Å². The summed E-state index contributed by atoms with van der Waals surface area (Å²) in [5, 5.41) is 1.03. The molecule has 0 bridgehead atoms. The van der Waals surface area contributed by atoms with E-state index in [0.29, 0.717) is 6.42 Å². The average molecular weight is 247 g/mol. The number of hydrogen-bond donors (Lipinski definition) is 0. The van der Waals surface area contributed by atoms with Gasteiger partial charge in [-0.1, -0.05) is 12.1 Å². The molecule has 0 N–H and O–H groups in total. The fourth-order valence-corrected chi connectivity index (χ4v) is 2.43. The van der Waals surface area contributed by atoms with Crippen molar-refractivity contribution in [2.24, 2.45) is 0 Å². The van der Waals surface area contributed by atoms with Gasteiger partial charge in [-0.2, -0.15) is 0 Å². The Morgan fingerprint density at radius 3 is 2.76 bits per heavy atom. The molecule has 0 fully saturated rings. The number of carbonyl (C=O) groups excluding carboxylic acids is 1.